The van der Waals surface area contributed by atoms with Gasteiger partial charge < -0.3 is 29.2 Å². The molecule has 12 fully saturated rings. The first kappa shape index (κ1) is 48.4. The molecule has 0 aromatic heterocycles. The van der Waals surface area contributed by atoms with Crippen LogP contribution in [-0.2, 0) is 38.1 Å². The fourth-order valence-electron chi connectivity index (χ4n) is 19.9. The molecule has 0 radical (unpaired) electrons. The van der Waals surface area contributed by atoms with Crippen LogP contribution in [0.5, 0.6) is 0 Å². The van der Waals surface area contributed by atoms with Gasteiger partial charge >= 0.3 is 23.9 Å². The van der Waals surface area contributed by atoms with E-state index in [9.17, 15) is 15.0 Å². The molecule has 0 aromatic rings. The second-order valence-corrected chi connectivity index (χ2v) is 28.1. The van der Waals surface area contributed by atoms with Crippen molar-refractivity contribution in [1.82, 2.24) is 0 Å². The molecule has 11 saturated carbocycles. The largest absolute Gasteiger partial charge is 0.463 e. The van der Waals surface area contributed by atoms with Crippen molar-refractivity contribution in [2.24, 2.45) is 84.7 Å². The fourth-order valence-corrected chi connectivity index (χ4v) is 19.9. The Morgan fingerprint density at radius 3 is 1.82 bits per heavy atom. The average Bonchev–Trinajstić information content (AvgIpc) is 4.17. The molecular formula is C57H88O10. The summed E-state index contributed by atoms with van der Waals surface area (Å²) in [5, 5.41) is 23.6. The molecule has 0 spiro atoms. The highest BCUT2D eigenvalue weighted by Gasteiger charge is 2.83. The molecular weight excluding hydrogens is 845 g/mol. The van der Waals surface area contributed by atoms with E-state index in [0.717, 1.165) is 88.9 Å². The zero-order chi connectivity index (χ0) is 48.2. The predicted molar refractivity (Wildman–Crippen MR) is 253 cm³/mol. The van der Waals surface area contributed by atoms with Gasteiger partial charge in [0, 0.05) is 19.4 Å². The van der Waals surface area contributed by atoms with E-state index in [-0.39, 0.29) is 41.9 Å². The molecule has 2 N–H and O–H groups in total. The van der Waals surface area contributed by atoms with Crippen LogP contribution >= 0.6 is 0 Å². The highest BCUT2D eigenvalue weighted by Crippen LogP contribution is 2.84. The van der Waals surface area contributed by atoms with Gasteiger partial charge in [0.15, 0.2) is 0 Å². The Balaban J connectivity index is 0.984. The number of carbonyl (C=O) groups excluding carboxylic acids is 4. The Bertz CT molecular complexity index is 2000. The molecule has 8 bridgehead atoms. The molecule has 1 heterocycles. The molecule has 0 amide bonds. The van der Waals surface area contributed by atoms with Crippen molar-refractivity contribution in [1.29, 1.82) is 0 Å². The van der Waals surface area contributed by atoms with E-state index in [1.54, 1.807) is 0 Å². The van der Waals surface area contributed by atoms with Gasteiger partial charge in [-0.3, -0.25) is 14.4 Å². The number of carbonyl (C=O) groups is 4. The summed E-state index contributed by atoms with van der Waals surface area (Å²) >= 11 is 0. The zero-order valence-corrected chi connectivity index (χ0v) is 43.2. The lowest BCUT2D eigenvalue weighted by Gasteiger charge is -2.59. The molecule has 0 aromatic carbocycles. The Morgan fingerprint density at radius 2 is 1.33 bits per heavy atom. The summed E-state index contributed by atoms with van der Waals surface area (Å²) < 4.78 is 25.6. The van der Waals surface area contributed by atoms with Crippen molar-refractivity contribution in [3.8, 4) is 0 Å². The van der Waals surface area contributed by atoms with Gasteiger partial charge in [-0.1, -0.05) is 68.7 Å². The van der Waals surface area contributed by atoms with Gasteiger partial charge in [0.25, 0.3) is 0 Å². The van der Waals surface area contributed by atoms with Crippen LogP contribution in [0.15, 0.2) is 0 Å². The number of esters is 4. The third-order valence-corrected chi connectivity index (χ3v) is 23.1. The maximum Gasteiger partial charge on any atom is 0.347 e. The lowest BCUT2D eigenvalue weighted by atomic mass is 9.50. The molecule has 67 heavy (non-hydrogen) atoms. The van der Waals surface area contributed by atoms with Gasteiger partial charge in [-0.05, 0) is 197 Å². The highest BCUT2D eigenvalue weighted by atomic mass is 16.6. The molecule has 11 atom stereocenters. The van der Waals surface area contributed by atoms with E-state index in [2.05, 4.69) is 69.2 Å². The Hall–Kier alpha value is -2.20. The maximum absolute atomic E-state index is 15.5. The highest BCUT2D eigenvalue weighted by molar-refractivity contribution is 5.87. The monoisotopic (exact) mass is 933 g/mol. The van der Waals surface area contributed by atoms with Gasteiger partial charge in [0.05, 0.1) is 28.5 Å². The van der Waals surface area contributed by atoms with Gasteiger partial charge in [-0.2, -0.15) is 0 Å². The zero-order valence-electron chi connectivity index (χ0n) is 43.2. The summed E-state index contributed by atoms with van der Waals surface area (Å²) in [6, 6.07) is 0. The van der Waals surface area contributed by atoms with Gasteiger partial charge in [-0.25, -0.2) is 4.79 Å². The molecule has 1 saturated heterocycles. The van der Waals surface area contributed by atoms with Crippen LogP contribution in [0.2, 0.25) is 0 Å². The van der Waals surface area contributed by atoms with Crippen molar-refractivity contribution in [3.05, 3.63) is 0 Å². The molecule has 11 aliphatic carbocycles. The normalized spacial score (nSPS) is 49.8. The predicted octanol–water partition coefficient (Wildman–Crippen LogP) is 10.9. The molecule has 1 aliphatic heterocycles. The Labute approximate surface area is 402 Å². The second-order valence-electron chi connectivity index (χ2n) is 28.1. The first-order valence-corrected chi connectivity index (χ1v) is 27.5. The topological polar surface area (TPSA) is 146 Å². The summed E-state index contributed by atoms with van der Waals surface area (Å²) in [5.74, 6) is 1.82. The standard InChI is InChI=1S/C57H88O10/c1-11-39(53(13-3)32-56(53,28-47(5,6)7)46(62)66-50(10)40-19-35-17-36(21-40)22-41(50)20-35)27-54(44(60)65-42-15-16-64-43(42)59)33-57(54,14-4)49(9,34-58)30-55(29-48(55,8)12-2)45(61)67-52-25-37-18-38(26-52)24-51(63,23-37)31-52/h35-42,58,63H,11-34H2,1-10H3. The van der Waals surface area contributed by atoms with Crippen LogP contribution in [0, 0.1) is 84.7 Å². The van der Waals surface area contributed by atoms with Crippen LogP contribution in [-0.4, -0.2) is 70.2 Å². The molecule has 10 heteroatoms. The van der Waals surface area contributed by atoms with Crippen LogP contribution in [0.4, 0.5) is 0 Å². The van der Waals surface area contributed by atoms with Gasteiger partial charge in [-0.15, -0.1) is 0 Å². The number of rotatable bonds is 18. The fraction of sp³-hybridized carbons (Fsp3) is 0.930. The second kappa shape index (κ2) is 15.4. The van der Waals surface area contributed by atoms with E-state index in [1.165, 1.54) is 6.42 Å². The Kier molecular flexibility index (Phi) is 11.1. The molecule has 12 aliphatic rings. The lowest BCUT2D eigenvalue weighted by molar-refractivity contribution is -0.225. The molecule has 376 valence electrons. The Morgan fingerprint density at radius 1 is 0.716 bits per heavy atom. The van der Waals surface area contributed by atoms with E-state index in [4.69, 9.17) is 18.9 Å². The molecule has 11 unspecified atom stereocenters. The van der Waals surface area contributed by atoms with Crippen LogP contribution in [0.1, 0.15) is 210 Å². The first-order valence-electron chi connectivity index (χ1n) is 27.5. The number of ether oxygens (including phenoxy) is 4. The minimum absolute atomic E-state index is 0.0417. The summed E-state index contributed by atoms with van der Waals surface area (Å²) in [6.07, 6.45) is 16.2. The van der Waals surface area contributed by atoms with Crippen LogP contribution in [0.3, 0.4) is 0 Å². The van der Waals surface area contributed by atoms with Crippen LogP contribution in [0.25, 0.3) is 0 Å². The summed E-state index contributed by atoms with van der Waals surface area (Å²) in [7, 11) is 0. The number of aliphatic hydroxyl groups is 2. The quantitative estimate of drug-likeness (QED) is 0.101. The molecule has 10 nitrogen and oxygen atoms in total. The van der Waals surface area contributed by atoms with Gasteiger partial charge in [0.1, 0.15) is 11.2 Å². The minimum Gasteiger partial charge on any atom is -0.463 e. The summed E-state index contributed by atoms with van der Waals surface area (Å²) in [4.78, 5) is 59.1. The van der Waals surface area contributed by atoms with E-state index < -0.39 is 67.3 Å². The number of hydrogen-bond donors (Lipinski definition) is 2. The van der Waals surface area contributed by atoms with Crippen molar-refractivity contribution >= 4 is 23.9 Å². The van der Waals surface area contributed by atoms with Crippen molar-refractivity contribution < 1.29 is 48.3 Å². The summed E-state index contributed by atoms with van der Waals surface area (Å²) in [6.45, 7) is 21.9. The molecule has 12 rings (SSSR count). The SMILES string of the molecule is CCC(CC1(C(=O)OC2CCOC2=O)CC1(CC)C(C)(CO)CC1(C(=O)OC23CC4CC(CC(O)(C4)C2)C3)CC1(C)CC)C1(CC)CC1(CC(C)(C)C)C(=O)OC1(C)C2CC3CC(C2)CC1C3. The van der Waals surface area contributed by atoms with Crippen molar-refractivity contribution in [2.75, 3.05) is 13.2 Å². The average molecular weight is 933 g/mol. The van der Waals surface area contributed by atoms with Crippen molar-refractivity contribution in [3.63, 3.8) is 0 Å². The lowest BCUT2D eigenvalue weighted by Crippen LogP contribution is -2.61. The maximum atomic E-state index is 15.5. The third kappa shape index (κ3) is 6.98. The van der Waals surface area contributed by atoms with E-state index >= 15 is 14.4 Å². The van der Waals surface area contributed by atoms with Crippen molar-refractivity contribution in [2.45, 2.75) is 233 Å². The number of cyclic esters (lactones) is 1. The number of hydrogen-bond acceptors (Lipinski definition) is 10. The first-order chi connectivity index (χ1) is 31.3. The summed E-state index contributed by atoms with van der Waals surface area (Å²) in [5.41, 5.74) is -7.17. The smallest absolute Gasteiger partial charge is 0.347 e. The van der Waals surface area contributed by atoms with Crippen LogP contribution < -0.4 is 0 Å². The number of aliphatic hydroxyl groups excluding tert-OH is 1. The third-order valence-electron chi connectivity index (χ3n) is 23.1. The minimum atomic E-state index is -1.08. The van der Waals surface area contributed by atoms with E-state index in [0.29, 0.717) is 81.5 Å². The van der Waals surface area contributed by atoms with E-state index in [1.807, 2.05) is 0 Å². The van der Waals surface area contributed by atoms with Gasteiger partial charge in [0.2, 0.25) is 6.10 Å².